The molecule has 0 spiro atoms. The second-order valence-corrected chi connectivity index (χ2v) is 5.41. The maximum absolute atomic E-state index is 5.54. The highest BCUT2D eigenvalue weighted by atomic mass is 127. The molecule has 0 aliphatic rings. The number of aryl methyl sites for hydroxylation is 3. The Hall–Kier alpha value is -1.50. The third kappa shape index (κ3) is 5.89. The molecule has 2 rings (SSSR count). The maximum atomic E-state index is 5.54. The molecule has 0 unspecified atom stereocenters. The number of furan rings is 1. The number of nitrogens with one attached hydrogen (secondary N) is 2. The zero-order chi connectivity index (χ0) is 15.9. The van der Waals surface area contributed by atoms with E-state index in [-0.39, 0.29) is 24.0 Å². The molecule has 5 heteroatoms. The van der Waals surface area contributed by atoms with Gasteiger partial charge in [-0.2, -0.15) is 0 Å². The molecule has 1 aromatic heterocycles. The van der Waals surface area contributed by atoms with Crippen molar-refractivity contribution < 1.29 is 4.42 Å². The van der Waals surface area contributed by atoms with E-state index < -0.39 is 0 Å². The Morgan fingerprint density at radius 2 is 1.83 bits per heavy atom. The van der Waals surface area contributed by atoms with E-state index in [0.717, 1.165) is 36.1 Å². The SMILES string of the molecule is CCNC(=NCc1cc(C)oc1C)NCc1ccccc1C.I. The van der Waals surface area contributed by atoms with Gasteiger partial charge in [0, 0.05) is 18.7 Å². The molecule has 2 N–H and O–H groups in total. The fourth-order valence-corrected chi connectivity index (χ4v) is 2.33. The molecule has 126 valence electrons. The molecule has 0 atom stereocenters. The molecule has 2 aromatic rings. The Bertz CT molecular complexity index is 649. The van der Waals surface area contributed by atoms with Crippen molar-refractivity contribution in [2.24, 2.45) is 4.99 Å². The molecule has 0 aliphatic carbocycles. The lowest BCUT2D eigenvalue weighted by Gasteiger charge is -2.12. The highest BCUT2D eigenvalue weighted by Gasteiger charge is 2.05. The van der Waals surface area contributed by atoms with Gasteiger partial charge in [0.2, 0.25) is 0 Å². The summed E-state index contributed by atoms with van der Waals surface area (Å²) in [5.41, 5.74) is 3.70. The lowest BCUT2D eigenvalue weighted by molar-refractivity contribution is 0.501. The lowest BCUT2D eigenvalue weighted by Crippen LogP contribution is -2.36. The van der Waals surface area contributed by atoms with Crippen LogP contribution < -0.4 is 10.6 Å². The van der Waals surface area contributed by atoms with E-state index in [4.69, 9.17) is 4.42 Å². The number of rotatable bonds is 5. The van der Waals surface area contributed by atoms with Crippen molar-refractivity contribution in [3.63, 3.8) is 0 Å². The van der Waals surface area contributed by atoms with Crippen LogP contribution in [0.2, 0.25) is 0 Å². The zero-order valence-corrected chi connectivity index (χ0v) is 16.6. The quantitative estimate of drug-likeness (QED) is 0.430. The predicted molar refractivity (Wildman–Crippen MR) is 106 cm³/mol. The first-order chi connectivity index (χ1) is 10.6. The van der Waals surface area contributed by atoms with Crippen LogP contribution in [0.4, 0.5) is 0 Å². The monoisotopic (exact) mass is 427 g/mol. The Morgan fingerprint density at radius 1 is 1.09 bits per heavy atom. The van der Waals surface area contributed by atoms with Crippen molar-refractivity contribution in [1.29, 1.82) is 0 Å². The standard InChI is InChI=1S/C18H25N3O.HI/c1-5-19-18(20-11-16-9-7-6-8-13(16)2)21-12-17-10-14(3)22-15(17)4;/h6-10H,5,11-12H2,1-4H3,(H2,19,20,21);1H. The van der Waals surface area contributed by atoms with Gasteiger partial charge in [-0.15, -0.1) is 24.0 Å². The smallest absolute Gasteiger partial charge is 0.191 e. The molecular formula is C18H26IN3O. The van der Waals surface area contributed by atoms with Crippen LogP contribution >= 0.6 is 24.0 Å². The van der Waals surface area contributed by atoms with E-state index in [9.17, 15) is 0 Å². The first-order valence-electron chi connectivity index (χ1n) is 7.72. The van der Waals surface area contributed by atoms with E-state index in [1.807, 2.05) is 19.9 Å². The van der Waals surface area contributed by atoms with Crippen molar-refractivity contribution in [1.82, 2.24) is 10.6 Å². The van der Waals surface area contributed by atoms with Crippen molar-refractivity contribution in [2.75, 3.05) is 6.54 Å². The second kappa shape index (κ2) is 9.60. The van der Waals surface area contributed by atoms with E-state index in [2.05, 4.69) is 53.7 Å². The van der Waals surface area contributed by atoms with Gasteiger partial charge < -0.3 is 15.1 Å². The number of benzene rings is 1. The van der Waals surface area contributed by atoms with E-state index in [1.165, 1.54) is 11.1 Å². The van der Waals surface area contributed by atoms with Gasteiger partial charge in [-0.05, 0) is 44.9 Å². The van der Waals surface area contributed by atoms with Crippen molar-refractivity contribution >= 4 is 29.9 Å². The largest absolute Gasteiger partial charge is 0.466 e. The van der Waals surface area contributed by atoms with Gasteiger partial charge in [-0.1, -0.05) is 24.3 Å². The summed E-state index contributed by atoms with van der Waals surface area (Å²) < 4.78 is 5.54. The lowest BCUT2D eigenvalue weighted by atomic mass is 10.1. The summed E-state index contributed by atoms with van der Waals surface area (Å²) in [6.45, 7) is 10.3. The summed E-state index contributed by atoms with van der Waals surface area (Å²) in [5.74, 6) is 2.69. The Morgan fingerprint density at radius 3 is 2.43 bits per heavy atom. The number of halogens is 1. The molecule has 0 saturated carbocycles. The normalized spacial score (nSPS) is 11.0. The first-order valence-corrected chi connectivity index (χ1v) is 7.72. The number of nitrogens with zero attached hydrogens (tertiary/aromatic N) is 1. The van der Waals surface area contributed by atoms with Crippen LogP contribution in [-0.4, -0.2) is 12.5 Å². The fourth-order valence-electron chi connectivity index (χ4n) is 2.33. The predicted octanol–water partition coefficient (Wildman–Crippen LogP) is 4.08. The average molecular weight is 427 g/mol. The van der Waals surface area contributed by atoms with Crippen LogP contribution in [-0.2, 0) is 13.1 Å². The highest BCUT2D eigenvalue weighted by molar-refractivity contribution is 14.0. The molecule has 0 saturated heterocycles. The summed E-state index contributed by atoms with van der Waals surface area (Å²) in [7, 11) is 0. The summed E-state index contributed by atoms with van der Waals surface area (Å²) >= 11 is 0. The molecule has 23 heavy (non-hydrogen) atoms. The Balaban J connectivity index is 0.00000264. The van der Waals surface area contributed by atoms with Crippen molar-refractivity contribution in [2.45, 2.75) is 40.8 Å². The summed E-state index contributed by atoms with van der Waals surface area (Å²) in [5, 5.41) is 6.66. The van der Waals surface area contributed by atoms with Gasteiger partial charge in [0.1, 0.15) is 11.5 Å². The molecule has 0 aliphatic heterocycles. The third-order valence-corrected chi connectivity index (χ3v) is 3.60. The number of hydrogen-bond donors (Lipinski definition) is 2. The van der Waals surface area contributed by atoms with Crippen molar-refractivity contribution in [3.8, 4) is 0 Å². The van der Waals surface area contributed by atoms with Gasteiger partial charge >= 0.3 is 0 Å². The van der Waals surface area contributed by atoms with E-state index in [0.29, 0.717) is 6.54 Å². The number of hydrogen-bond acceptors (Lipinski definition) is 2. The second-order valence-electron chi connectivity index (χ2n) is 5.41. The zero-order valence-electron chi connectivity index (χ0n) is 14.3. The molecule has 0 amide bonds. The molecule has 1 aromatic carbocycles. The molecule has 0 radical (unpaired) electrons. The maximum Gasteiger partial charge on any atom is 0.191 e. The van der Waals surface area contributed by atoms with Gasteiger partial charge in [0.05, 0.1) is 6.54 Å². The summed E-state index contributed by atoms with van der Waals surface area (Å²) in [6.07, 6.45) is 0. The fraction of sp³-hybridized carbons (Fsp3) is 0.389. The molecular weight excluding hydrogens is 401 g/mol. The van der Waals surface area contributed by atoms with Crippen molar-refractivity contribution in [3.05, 3.63) is 58.5 Å². The van der Waals surface area contributed by atoms with Crippen LogP contribution in [0, 0.1) is 20.8 Å². The molecule has 1 heterocycles. The van der Waals surface area contributed by atoms with Gasteiger partial charge in [0.25, 0.3) is 0 Å². The molecule has 4 nitrogen and oxygen atoms in total. The van der Waals surface area contributed by atoms with E-state index >= 15 is 0 Å². The first kappa shape index (κ1) is 19.5. The molecule has 0 fully saturated rings. The summed E-state index contributed by atoms with van der Waals surface area (Å²) in [6, 6.07) is 10.4. The Kier molecular flexibility index (Phi) is 8.16. The van der Waals surface area contributed by atoms with Crippen LogP contribution in [0.1, 0.15) is 35.1 Å². The van der Waals surface area contributed by atoms with Crippen LogP contribution in [0.25, 0.3) is 0 Å². The van der Waals surface area contributed by atoms with Crippen LogP contribution in [0.5, 0.6) is 0 Å². The number of guanidine groups is 1. The average Bonchev–Trinajstić information content (AvgIpc) is 2.81. The van der Waals surface area contributed by atoms with E-state index in [1.54, 1.807) is 0 Å². The Labute approximate surface area is 155 Å². The van der Waals surface area contributed by atoms with Gasteiger partial charge in [-0.3, -0.25) is 0 Å². The topological polar surface area (TPSA) is 49.6 Å². The minimum Gasteiger partial charge on any atom is -0.466 e. The van der Waals surface area contributed by atoms with Gasteiger partial charge in [-0.25, -0.2) is 4.99 Å². The van der Waals surface area contributed by atoms with Gasteiger partial charge in [0.15, 0.2) is 5.96 Å². The highest BCUT2D eigenvalue weighted by Crippen LogP contribution is 2.14. The minimum absolute atomic E-state index is 0. The van der Waals surface area contributed by atoms with Crippen LogP contribution in [0.3, 0.4) is 0 Å². The number of aliphatic imine (C=N–C) groups is 1. The third-order valence-electron chi connectivity index (χ3n) is 3.60. The molecule has 0 bridgehead atoms. The summed E-state index contributed by atoms with van der Waals surface area (Å²) in [4.78, 5) is 4.64. The minimum atomic E-state index is 0. The van der Waals surface area contributed by atoms with Crippen LogP contribution in [0.15, 0.2) is 39.7 Å².